The summed E-state index contributed by atoms with van der Waals surface area (Å²) in [5.74, 6) is -0.720. The predicted octanol–water partition coefficient (Wildman–Crippen LogP) is -0.424. The van der Waals surface area contributed by atoms with Gasteiger partial charge in [-0.25, -0.2) is 4.39 Å². The van der Waals surface area contributed by atoms with Gasteiger partial charge in [0.25, 0.3) is 0 Å². The molecule has 0 spiro atoms. The van der Waals surface area contributed by atoms with Crippen molar-refractivity contribution in [3.8, 4) is 5.75 Å². The van der Waals surface area contributed by atoms with E-state index in [1.807, 2.05) is 19.0 Å². The minimum atomic E-state index is -1.74. The minimum Gasteiger partial charge on any atom is -0.494 e. The Labute approximate surface area is 94.4 Å². The van der Waals surface area contributed by atoms with Crippen LogP contribution in [0.4, 0.5) is 4.39 Å². The molecule has 4 nitrogen and oxygen atoms in total. The zero-order valence-electron chi connectivity index (χ0n) is 9.57. The SMILES string of the molecule is COc1c(F)cc(CN(C)C)cc1B(O)O. The van der Waals surface area contributed by atoms with Crippen LogP contribution in [0.3, 0.4) is 0 Å². The van der Waals surface area contributed by atoms with Crippen LogP contribution >= 0.6 is 0 Å². The second-order valence-corrected chi connectivity index (χ2v) is 3.81. The third-order valence-corrected chi connectivity index (χ3v) is 2.11. The van der Waals surface area contributed by atoms with Crippen molar-refractivity contribution in [3.63, 3.8) is 0 Å². The number of nitrogens with zero attached hydrogens (tertiary/aromatic N) is 1. The van der Waals surface area contributed by atoms with Gasteiger partial charge in [-0.2, -0.15) is 0 Å². The third kappa shape index (κ3) is 2.94. The summed E-state index contributed by atoms with van der Waals surface area (Å²) in [6.45, 7) is 0.515. The molecule has 0 unspecified atom stereocenters. The van der Waals surface area contributed by atoms with E-state index in [1.54, 1.807) is 0 Å². The van der Waals surface area contributed by atoms with Crippen molar-refractivity contribution >= 4 is 12.6 Å². The van der Waals surface area contributed by atoms with Gasteiger partial charge in [-0.05, 0) is 25.7 Å². The van der Waals surface area contributed by atoms with Crippen LogP contribution in [0.5, 0.6) is 5.75 Å². The Morgan fingerprint density at radius 1 is 1.38 bits per heavy atom. The summed E-state index contributed by atoms with van der Waals surface area (Å²) in [4.78, 5) is 1.86. The second kappa shape index (κ2) is 5.29. The first-order valence-electron chi connectivity index (χ1n) is 4.83. The fourth-order valence-corrected chi connectivity index (χ4v) is 1.54. The fourth-order valence-electron chi connectivity index (χ4n) is 1.54. The van der Waals surface area contributed by atoms with Gasteiger partial charge in [0.05, 0.1) is 7.11 Å². The highest BCUT2D eigenvalue weighted by Gasteiger charge is 2.21. The van der Waals surface area contributed by atoms with Gasteiger partial charge in [-0.15, -0.1) is 0 Å². The molecule has 0 aromatic heterocycles. The van der Waals surface area contributed by atoms with E-state index in [0.29, 0.717) is 12.1 Å². The van der Waals surface area contributed by atoms with Gasteiger partial charge in [0.15, 0.2) is 11.6 Å². The molecule has 0 saturated heterocycles. The van der Waals surface area contributed by atoms with E-state index in [0.717, 1.165) is 0 Å². The van der Waals surface area contributed by atoms with Crippen LogP contribution in [0, 0.1) is 5.82 Å². The summed E-state index contributed by atoms with van der Waals surface area (Å²) in [7, 11) is 3.23. The molecule has 0 heterocycles. The van der Waals surface area contributed by atoms with Crippen molar-refractivity contribution in [1.29, 1.82) is 0 Å². The Morgan fingerprint density at radius 3 is 2.44 bits per heavy atom. The van der Waals surface area contributed by atoms with E-state index in [-0.39, 0.29) is 11.2 Å². The van der Waals surface area contributed by atoms with Crippen LogP contribution in [0.2, 0.25) is 0 Å². The molecular weight excluding hydrogens is 212 g/mol. The zero-order valence-corrected chi connectivity index (χ0v) is 9.57. The van der Waals surface area contributed by atoms with E-state index >= 15 is 0 Å². The highest BCUT2D eigenvalue weighted by atomic mass is 19.1. The molecule has 0 saturated carbocycles. The Balaban J connectivity index is 3.17. The molecule has 0 atom stereocenters. The van der Waals surface area contributed by atoms with E-state index in [1.165, 1.54) is 19.2 Å². The molecule has 1 rings (SSSR count). The topological polar surface area (TPSA) is 52.9 Å². The molecule has 6 heteroatoms. The number of hydrogen-bond acceptors (Lipinski definition) is 4. The third-order valence-electron chi connectivity index (χ3n) is 2.11. The maximum Gasteiger partial charge on any atom is 0.492 e. The summed E-state index contributed by atoms with van der Waals surface area (Å²) >= 11 is 0. The van der Waals surface area contributed by atoms with Gasteiger partial charge in [-0.1, -0.05) is 6.07 Å². The quantitative estimate of drug-likeness (QED) is 0.685. The average Bonchev–Trinajstić information content (AvgIpc) is 2.15. The van der Waals surface area contributed by atoms with Crippen molar-refractivity contribution in [2.75, 3.05) is 21.2 Å². The highest BCUT2D eigenvalue weighted by Crippen LogP contribution is 2.16. The number of ether oxygens (including phenoxy) is 1. The molecule has 2 N–H and O–H groups in total. The van der Waals surface area contributed by atoms with E-state index in [4.69, 9.17) is 14.8 Å². The number of rotatable bonds is 4. The normalized spacial score (nSPS) is 10.7. The lowest BCUT2D eigenvalue weighted by molar-refractivity contribution is 0.377. The molecule has 0 amide bonds. The molecule has 1 aromatic carbocycles. The first kappa shape index (κ1) is 13.0. The first-order valence-corrected chi connectivity index (χ1v) is 4.83. The lowest BCUT2D eigenvalue weighted by Crippen LogP contribution is -2.32. The van der Waals surface area contributed by atoms with Crippen LogP contribution in [-0.4, -0.2) is 43.3 Å². The Bertz CT molecular complexity index is 371. The van der Waals surface area contributed by atoms with E-state index in [9.17, 15) is 4.39 Å². The van der Waals surface area contributed by atoms with Crippen LogP contribution in [0.1, 0.15) is 5.56 Å². The molecular formula is C10H15BFNO3. The monoisotopic (exact) mass is 227 g/mol. The van der Waals surface area contributed by atoms with Crippen molar-refractivity contribution in [3.05, 3.63) is 23.5 Å². The largest absolute Gasteiger partial charge is 0.494 e. The Kier molecular flexibility index (Phi) is 4.29. The van der Waals surface area contributed by atoms with Crippen LogP contribution in [-0.2, 0) is 6.54 Å². The van der Waals surface area contributed by atoms with Gasteiger partial charge in [0.2, 0.25) is 0 Å². The fraction of sp³-hybridized carbons (Fsp3) is 0.400. The zero-order chi connectivity index (χ0) is 12.3. The smallest absolute Gasteiger partial charge is 0.492 e. The van der Waals surface area contributed by atoms with Gasteiger partial charge >= 0.3 is 7.12 Å². The molecule has 0 aliphatic heterocycles. The highest BCUT2D eigenvalue weighted by molar-refractivity contribution is 6.59. The summed E-state index contributed by atoms with van der Waals surface area (Å²) in [5.41, 5.74) is 0.700. The lowest BCUT2D eigenvalue weighted by atomic mass is 9.78. The molecule has 0 bridgehead atoms. The summed E-state index contributed by atoms with van der Waals surface area (Å²) in [5, 5.41) is 18.2. The number of halogens is 1. The van der Waals surface area contributed by atoms with Gasteiger partial charge in [0, 0.05) is 12.0 Å². The molecule has 0 aliphatic carbocycles. The van der Waals surface area contributed by atoms with E-state index < -0.39 is 12.9 Å². The number of hydrogen-bond donors (Lipinski definition) is 2. The summed E-state index contributed by atoms with van der Waals surface area (Å²) < 4.78 is 18.3. The molecule has 88 valence electrons. The molecule has 0 aliphatic rings. The standard InChI is InChI=1S/C10H15BFNO3/c1-13(2)6-7-4-8(11(14)15)10(16-3)9(12)5-7/h4-5,14-15H,6H2,1-3H3. The van der Waals surface area contributed by atoms with Gasteiger partial charge < -0.3 is 19.7 Å². The second-order valence-electron chi connectivity index (χ2n) is 3.81. The maximum atomic E-state index is 13.6. The Morgan fingerprint density at radius 2 is 2.00 bits per heavy atom. The van der Waals surface area contributed by atoms with Gasteiger partial charge in [-0.3, -0.25) is 0 Å². The summed E-state index contributed by atoms with van der Waals surface area (Å²) in [6.07, 6.45) is 0. The summed E-state index contributed by atoms with van der Waals surface area (Å²) in [6, 6.07) is 2.84. The van der Waals surface area contributed by atoms with Crippen molar-refractivity contribution in [2.45, 2.75) is 6.54 Å². The van der Waals surface area contributed by atoms with Crippen LogP contribution in [0.25, 0.3) is 0 Å². The van der Waals surface area contributed by atoms with Crippen molar-refractivity contribution in [1.82, 2.24) is 4.90 Å². The van der Waals surface area contributed by atoms with Crippen molar-refractivity contribution < 1.29 is 19.2 Å². The number of methoxy groups -OCH3 is 1. The molecule has 0 fully saturated rings. The Hall–Kier alpha value is -1.11. The van der Waals surface area contributed by atoms with E-state index in [2.05, 4.69) is 0 Å². The van der Waals surface area contributed by atoms with Crippen LogP contribution in [0.15, 0.2) is 12.1 Å². The van der Waals surface area contributed by atoms with Crippen molar-refractivity contribution in [2.24, 2.45) is 0 Å². The molecule has 1 aromatic rings. The molecule has 16 heavy (non-hydrogen) atoms. The lowest BCUT2D eigenvalue weighted by Gasteiger charge is -2.14. The van der Waals surface area contributed by atoms with Gasteiger partial charge in [0.1, 0.15) is 0 Å². The minimum absolute atomic E-state index is 0.0411. The first-order chi connectivity index (χ1) is 7.45. The van der Waals surface area contributed by atoms with Crippen LogP contribution < -0.4 is 10.2 Å². The predicted molar refractivity (Wildman–Crippen MR) is 60.2 cm³/mol. The molecule has 0 radical (unpaired) electrons. The average molecular weight is 227 g/mol. The number of benzene rings is 1. The maximum absolute atomic E-state index is 13.6.